The molecule has 3 aromatic carbocycles. The lowest BCUT2D eigenvalue weighted by Gasteiger charge is -2.18. The average Bonchev–Trinajstić information content (AvgIpc) is 3.31. The molecule has 0 aliphatic carbocycles. The van der Waals surface area contributed by atoms with E-state index >= 15 is 0 Å². The highest BCUT2D eigenvalue weighted by molar-refractivity contribution is 5.74. The maximum atomic E-state index is 6.18. The first kappa shape index (κ1) is 22.2. The Labute approximate surface area is 192 Å². The predicted octanol–water partition coefficient (Wildman–Crippen LogP) is 6.00. The SMILES string of the molecule is Cc1c(OCCCN2CCCC2)cccc1-c1cccc(OCc2cccc(N)c2)c1C. The minimum absolute atomic E-state index is 0.495. The number of hydrogen-bond donors (Lipinski definition) is 1. The van der Waals surface area contributed by atoms with Crippen molar-refractivity contribution in [2.75, 3.05) is 32.0 Å². The Morgan fingerprint density at radius 3 is 2.09 bits per heavy atom. The topological polar surface area (TPSA) is 47.7 Å². The summed E-state index contributed by atoms with van der Waals surface area (Å²) in [6.07, 6.45) is 3.74. The number of anilines is 1. The molecule has 0 bridgehead atoms. The van der Waals surface area contributed by atoms with Gasteiger partial charge in [0, 0.05) is 12.2 Å². The van der Waals surface area contributed by atoms with Crippen molar-refractivity contribution in [2.24, 2.45) is 0 Å². The molecule has 1 aliphatic rings. The Morgan fingerprint density at radius 2 is 1.44 bits per heavy atom. The van der Waals surface area contributed by atoms with Crippen LogP contribution in [0.4, 0.5) is 5.69 Å². The zero-order chi connectivity index (χ0) is 22.3. The number of benzene rings is 3. The lowest BCUT2D eigenvalue weighted by molar-refractivity contribution is 0.262. The van der Waals surface area contributed by atoms with E-state index in [0.29, 0.717) is 6.61 Å². The summed E-state index contributed by atoms with van der Waals surface area (Å²) in [5.41, 5.74) is 12.4. The second-order valence-corrected chi connectivity index (χ2v) is 8.64. The number of likely N-dealkylation sites (tertiary alicyclic amines) is 1. The molecule has 1 heterocycles. The molecule has 2 N–H and O–H groups in total. The molecule has 168 valence electrons. The Morgan fingerprint density at radius 1 is 0.812 bits per heavy atom. The van der Waals surface area contributed by atoms with E-state index < -0.39 is 0 Å². The molecule has 1 aliphatic heterocycles. The van der Waals surface area contributed by atoms with Crippen LogP contribution in [-0.4, -0.2) is 31.1 Å². The normalized spacial score (nSPS) is 13.9. The minimum atomic E-state index is 0.495. The third kappa shape index (κ3) is 5.43. The summed E-state index contributed by atoms with van der Waals surface area (Å²) in [6, 6.07) is 20.4. The maximum absolute atomic E-state index is 6.18. The molecule has 0 saturated carbocycles. The summed E-state index contributed by atoms with van der Waals surface area (Å²) in [5.74, 6) is 1.86. The molecular formula is C28H34N2O2. The number of nitrogen functional groups attached to an aromatic ring is 1. The molecule has 4 rings (SSSR count). The van der Waals surface area contributed by atoms with Crippen LogP contribution in [0.25, 0.3) is 11.1 Å². The van der Waals surface area contributed by atoms with E-state index in [1.807, 2.05) is 30.3 Å². The zero-order valence-electron chi connectivity index (χ0n) is 19.3. The monoisotopic (exact) mass is 430 g/mol. The quantitative estimate of drug-likeness (QED) is 0.334. The van der Waals surface area contributed by atoms with Crippen molar-refractivity contribution in [3.63, 3.8) is 0 Å². The first-order valence-corrected chi connectivity index (χ1v) is 11.6. The van der Waals surface area contributed by atoms with Crippen LogP contribution < -0.4 is 15.2 Å². The highest BCUT2D eigenvalue weighted by Crippen LogP contribution is 2.35. The Bertz CT molecular complexity index is 1040. The molecule has 3 aromatic rings. The third-order valence-electron chi connectivity index (χ3n) is 6.28. The van der Waals surface area contributed by atoms with Crippen molar-refractivity contribution in [3.05, 3.63) is 77.4 Å². The Hall–Kier alpha value is -2.98. The van der Waals surface area contributed by atoms with Gasteiger partial charge in [0.25, 0.3) is 0 Å². The van der Waals surface area contributed by atoms with E-state index in [2.05, 4.69) is 49.1 Å². The van der Waals surface area contributed by atoms with Crippen LogP contribution in [0, 0.1) is 13.8 Å². The van der Waals surface area contributed by atoms with Crippen LogP contribution in [0.1, 0.15) is 36.0 Å². The summed E-state index contributed by atoms with van der Waals surface area (Å²) in [7, 11) is 0. The van der Waals surface area contributed by atoms with Crippen LogP contribution in [0.15, 0.2) is 60.7 Å². The lowest BCUT2D eigenvalue weighted by atomic mass is 9.95. The van der Waals surface area contributed by atoms with Gasteiger partial charge < -0.3 is 20.1 Å². The summed E-state index contributed by atoms with van der Waals surface area (Å²) >= 11 is 0. The van der Waals surface area contributed by atoms with Crippen molar-refractivity contribution in [1.29, 1.82) is 0 Å². The fourth-order valence-electron chi connectivity index (χ4n) is 4.45. The van der Waals surface area contributed by atoms with E-state index in [-0.39, 0.29) is 0 Å². The highest BCUT2D eigenvalue weighted by Gasteiger charge is 2.13. The molecule has 0 unspecified atom stereocenters. The maximum Gasteiger partial charge on any atom is 0.123 e. The molecule has 1 fully saturated rings. The molecule has 1 saturated heterocycles. The molecule has 4 nitrogen and oxygen atoms in total. The second kappa shape index (κ2) is 10.6. The largest absolute Gasteiger partial charge is 0.493 e. The summed E-state index contributed by atoms with van der Waals surface area (Å²) < 4.78 is 12.3. The van der Waals surface area contributed by atoms with Gasteiger partial charge in [-0.15, -0.1) is 0 Å². The van der Waals surface area contributed by atoms with Crippen molar-refractivity contribution in [1.82, 2.24) is 4.90 Å². The predicted molar refractivity (Wildman–Crippen MR) is 132 cm³/mol. The van der Waals surface area contributed by atoms with Gasteiger partial charge in [0.1, 0.15) is 18.1 Å². The number of hydrogen-bond acceptors (Lipinski definition) is 4. The van der Waals surface area contributed by atoms with Gasteiger partial charge in [0.2, 0.25) is 0 Å². The van der Waals surface area contributed by atoms with Gasteiger partial charge in [-0.25, -0.2) is 0 Å². The van der Waals surface area contributed by atoms with Gasteiger partial charge in [-0.3, -0.25) is 0 Å². The third-order valence-corrected chi connectivity index (χ3v) is 6.28. The minimum Gasteiger partial charge on any atom is -0.493 e. The molecule has 0 aromatic heterocycles. The standard InChI is InChI=1S/C28H34N2O2/c1-21-25(11-6-13-27(21)31-18-8-17-30-15-3-4-16-30)26-12-7-14-28(22(26)2)32-20-23-9-5-10-24(29)19-23/h5-7,9-14,19H,3-4,8,15-18,20,29H2,1-2H3. The van der Waals surface area contributed by atoms with Crippen molar-refractivity contribution in [3.8, 4) is 22.6 Å². The van der Waals surface area contributed by atoms with Crippen LogP contribution in [0.3, 0.4) is 0 Å². The van der Waals surface area contributed by atoms with Gasteiger partial charge in [-0.2, -0.15) is 0 Å². The highest BCUT2D eigenvalue weighted by atomic mass is 16.5. The van der Waals surface area contributed by atoms with Crippen molar-refractivity contribution >= 4 is 5.69 Å². The van der Waals surface area contributed by atoms with Crippen LogP contribution in [0.2, 0.25) is 0 Å². The van der Waals surface area contributed by atoms with Crippen LogP contribution in [-0.2, 0) is 6.61 Å². The van der Waals surface area contributed by atoms with E-state index in [0.717, 1.165) is 47.9 Å². The summed E-state index contributed by atoms with van der Waals surface area (Å²) in [6.45, 7) is 9.12. The summed E-state index contributed by atoms with van der Waals surface area (Å²) in [5, 5.41) is 0. The molecule has 32 heavy (non-hydrogen) atoms. The van der Waals surface area contributed by atoms with Crippen molar-refractivity contribution < 1.29 is 9.47 Å². The van der Waals surface area contributed by atoms with Gasteiger partial charge in [-0.05, 0) is 98.3 Å². The molecular weight excluding hydrogens is 396 g/mol. The molecule has 0 amide bonds. The molecule has 0 spiro atoms. The molecule has 4 heteroatoms. The second-order valence-electron chi connectivity index (χ2n) is 8.64. The van der Waals surface area contributed by atoms with Gasteiger partial charge in [0.05, 0.1) is 6.61 Å². The summed E-state index contributed by atoms with van der Waals surface area (Å²) in [4.78, 5) is 2.53. The zero-order valence-corrected chi connectivity index (χ0v) is 19.3. The average molecular weight is 431 g/mol. The van der Waals surface area contributed by atoms with Gasteiger partial charge in [-0.1, -0.05) is 36.4 Å². The van der Waals surface area contributed by atoms with Crippen LogP contribution in [0.5, 0.6) is 11.5 Å². The van der Waals surface area contributed by atoms with E-state index in [1.54, 1.807) is 0 Å². The first-order valence-electron chi connectivity index (χ1n) is 11.6. The van der Waals surface area contributed by atoms with E-state index in [4.69, 9.17) is 15.2 Å². The Kier molecular flexibility index (Phi) is 7.33. The van der Waals surface area contributed by atoms with E-state index in [1.165, 1.54) is 42.6 Å². The smallest absolute Gasteiger partial charge is 0.123 e. The van der Waals surface area contributed by atoms with Crippen LogP contribution >= 0.6 is 0 Å². The number of nitrogens with zero attached hydrogens (tertiary/aromatic N) is 1. The van der Waals surface area contributed by atoms with Crippen molar-refractivity contribution in [2.45, 2.75) is 39.7 Å². The number of nitrogens with two attached hydrogens (primary N) is 1. The van der Waals surface area contributed by atoms with Gasteiger partial charge >= 0.3 is 0 Å². The Balaban J connectivity index is 1.44. The van der Waals surface area contributed by atoms with E-state index in [9.17, 15) is 0 Å². The fourth-order valence-corrected chi connectivity index (χ4v) is 4.45. The van der Waals surface area contributed by atoms with Gasteiger partial charge in [0.15, 0.2) is 0 Å². The first-order chi connectivity index (χ1) is 15.6. The number of ether oxygens (including phenoxy) is 2. The molecule has 0 atom stereocenters. The molecule has 0 radical (unpaired) electrons. The number of rotatable bonds is 9. The lowest BCUT2D eigenvalue weighted by Crippen LogP contribution is -2.22. The fraction of sp³-hybridized carbons (Fsp3) is 0.357.